The summed E-state index contributed by atoms with van der Waals surface area (Å²) in [6, 6.07) is 7.70. The molecule has 0 amide bonds. The molecule has 0 aliphatic carbocycles. The average molecular weight is 302 g/mol. The molecule has 0 aromatic heterocycles. The first-order chi connectivity index (χ1) is 9.20. The Bertz CT molecular complexity index is 405. The number of aliphatic hydroxyl groups is 1. The van der Waals surface area contributed by atoms with E-state index in [9.17, 15) is 5.11 Å². The van der Waals surface area contributed by atoms with Gasteiger partial charge in [0.15, 0.2) is 0 Å². The van der Waals surface area contributed by atoms with Crippen LogP contribution in [0.2, 0.25) is 5.02 Å². The molecule has 2 rings (SSSR count). The lowest BCUT2D eigenvalue weighted by atomic mass is 10.2. The number of ether oxygens (including phenoxy) is 1. The van der Waals surface area contributed by atoms with Gasteiger partial charge in [0, 0.05) is 23.7 Å². The Kier molecular flexibility index (Phi) is 5.98. The first-order valence-corrected chi connectivity index (χ1v) is 7.96. The van der Waals surface area contributed by atoms with Crippen LogP contribution < -0.4 is 0 Å². The number of thioether (sulfide) groups is 1. The van der Waals surface area contributed by atoms with Crippen LogP contribution in [0.1, 0.15) is 6.92 Å². The summed E-state index contributed by atoms with van der Waals surface area (Å²) in [5.74, 6) is 0.603. The van der Waals surface area contributed by atoms with E-state index >= 15 is 0 Å². The van der Waals surface area contributed by atoms with E-state index in [4.69, 9.17) is 16.3 Å². The number of nitrogens with zero attached hydrogens (tertiary/aromatic N) is 1. The van der Waals surface area contributed by atoms with Gasteiger partial charge in [0.05, 0.1) is 23.8 Å². The van der Waals surface area contributed by atoms with Crippen LogP contribution in [-0.4, -0.2) is 54.2 Å². The molecule has 5 heteroatoms. The molecular formula is C14H20ClNO2S. The fourth-order valence-electron chi connectivity index (χ4n) is 2.10. The summed E-state index contributed by atoms with van der Waals surface area (Å²) in [4.78, 5) is 3.31. The molecule has 1 N–H and O–H groups in total. The monoisotopic (exact) mass is 301 g/mol. The molecule has 2 unspecified atom stereocenters. The second-order valence-corrected chi connectivity index (χ2v) is 6.08. The second kappa shape index (κ2) is 7.50. The fraction of sp³-hybridized carbons (Fsp3) is 0.571. The molecule has 19 heavy (non-hydrogen) atoms. The van der Waals surface area contributed by atoms with Crippen molar-refractivity contribution in [2.75, 3.05) is 32.0 Å². The molecule has 1 saturated heterocycles. The Morgan fingerprint density at radius 1 is 1.53 bits per heavy atom. The number of rotatable bonds is 5. The van der Waals surface area contributed by atoms with Crippen molar-refractivity contribution in [3.05, 3.63) is 29.3 Å². The van der Waals surface area contributed by atoms with Gasteiger partial charge in [-0.25, -0.2) is 0 Å². The Morgan fingerprint density at radius 2 is 2.32 bits per heavy atom. The number of hydrogen-bond donors (Lipinski definition) is 1. The number of halogens is 1. The number of hydrogen-bond acceptors (Lipinski definition) is 4. The lowest BCUT2D eigenvalue weighted by Gasteiger charge is -2.34. The lowest BCUT2D eigenvalue weighted by molar-refractivity contribution is -0.0799. The fourth-order valence-corrected chi connectivity index (χ4v) is 3.34. The minimum atomic E-state index is -0.462. The van der Waals surface area contributed by atoms with E-state index in [-0.39, 0.29) is 6.10 Å². The van der Waals surface area contributed by atoms with Crippen molar-refractivity contribution >= 4 is 23.4 Å². The third-order valence-electron chi connectivity index (χ3n) is 3.30. The largest absolute Gasteiger partial charge is 0.389 e. The summed E-state index contributed by atoms with van der Waals surface area (Å²) in [6.45, 7) is 5.60. The van der Waals surface area contributed by atoms with Gasteiger partial charge in [-0.15, -0.1) is 11.8 Å². The SMILES string of the molecule is CCN1CCOC(C(O)CSc2ccccc2Cl)C1. The summed E-state index contributed by atoms with van der Waals surface area (Å²) in [5, 5.41) is 11.0. The molecule has 1 aliphatic rings. The van der Waals surface area contributed by atoms with Gasteiger partial charge in [0.25, 0.3) is 0 Å². The van der Waals surface area contributed by atoms with E-state index in [0.29, 0.717) is 12.4 Å². The zero-order chi connectivity index (χ0) is 13.7. The molecule has 0 radical (unpaired) electrons. The van der Waals surface area contributed by atoms with E-state index < -0.39 is 6.10 Å². The predicted octanol–water partition coefficient (Wildman–Crippen LogP) is 2.51. The number of benzene rings is 1. The summed E-state index contributed by atoms with van der Waals surface area (Å²) in [6.07, 6.45) is -0.556. The summed E-state index contributed by atoms with van der Waals surface area (Å²) in [5.41, 5.74) is 0. The summed E-state index contributed by atoms with van der Waals surface area (Å²) in [7, 11) is 0. The molecule has 2 atom stereocenters. The molecule has 1 aromatic carbocycles. The third kappa shape index (κ3) is 4.36. The van der Waals surface area contributed by atoms with Crippen LogP contribution in [0.5, 0.6) is 0 Å². The van der Waals surface area contributed by atoms with Crippen molar-refractivity contribution in [1.82, 2.24) is 4.90 Å². The molecule has 1 aliphatic heterocycles. The Balaban J connectivity index is 1.84. The van der Waals surface area contributed by atoms with Crippen molar-refractivity contribution in [1.29, 1.82) is 0 Å². The Hall–Kier alpha value is -0.260. The minimum Gasteiger partial charge on any atom is -0.389 e. The zero-order valence-corrected chi connectivity index (χ0v) is 12.7. The maximum Gasteiger partial charge on any atom is 0.0969 e. The van der Waals surface area contributed by atoms with Gasteiger partial charge in [0.2, 0.25) is 0 Å². The van der Waals surface area contributed by atoms with E-state index in [2.05, 4.69) is 11.8 Å². The molecule has 1 heterocycles. The first-order valence-electron chi connectivity index (χ1n) is 6.60. The van der Waals surface area contributed by atoms with E-state index in [0.717, 1.165) is 29.6 Å². The molecule has 0 spiro atoms. The standard InChI is InChI=1S/C14H20ClNO2S/c1-2-16-7-8-18-13(9-16)12(17)10-19-14-6-4-3-5-11(14)15/h3-6,12-13,17H,2,7-10H2,1H3. The van der Waals surface area contributed by atoms with Crippen molar-refractivity contribution in [2.45, 2.75) is 24.0 Å². The Labute approximate surface area is 123 Å². The predicted molar refractivity (Wildman–Crippen MR) is 80.0 cm³/mol. The van der Waals surface area contributed by atoms with Gasteiger partial charge in [0.1, 0.15) is 0 Å². The molecule has 0 saturated carbocycles. The Morgan fingerprint density at radius 3 is 3.05 bits per heavy atom. The van der Waals surface area contributed by atoms with Gasteiger partial charge in [-0.2, -0.15) is 0 Å². The number of likely N-dealkylation sites (N-methyl/N-ethyl adjacent to an activating group) is 1. The van der Waals surface area contributed by atoms with Crippen LogP contribution in [-0.2, 0) is 4.74 Å². The van der Waals surface area contributed by atoms with Gasteiger partial charge in [-0.3, -0.25) is 4.90 Å². The summed E-state index contributed by atoms with van der Waals surface area (Å²) >= 11 is 7.67. The van der Waals surface area contributed by atoms with E-state index in [1.165, 1.54) is 0 Å². The van der Waals surface area contributed by atoms with Crippen LogP contribution in [0.4, 0.5) is 0 Å². The minimum absolute atomic E-state index is 0.0938. The quantitative estimate of drug-likeness (QED) is 0.847. The molecular weight excluding hydrogens is 282 g/mol. The molecule has 106 valence electrons. The average Bonchev–Trinajstić information content (AvgIpc) is 2.46. The lowest BCUT2D eigenvalue weighted by Crippen LogP contribution is -2.48. The summed E-state index contributed by atoms with van der Waals surface area (Å²) < 4.78 is 5.65. The highest BCUT2D eigenvalue weighted by Gasteiger charge is 2.26. The third-order valence-corrected chi connectivity index (χ3v) is 4.92. The van der Waals surface area contributed by atoms with Crippen molar-refractivity contribution in [3.8, 4) is 0 Å². The number of aliphatic hydroxyl groups excluding tert-OH is 1. The van der Waals surface area contributed by atoms with Crippen molar-refractivity contribution in [3.63, 3.8) is 0 Å². The molecule has 1 aromatic rings. The van der Waals surface area contributed by atoms with E-state index in [1.54, 1.807) is 11.8 Å². The highest BCUT2D eigenvalue weighted by Crippen LogP contribution is 2.27. The van der Waals surface area contributed by atoms with E-state index in [1.807, 2.05) is 24.3 Å². The zero-order valence-electron chi connectivity index (χ0n) is 11.1. The second-order valence-electron chi connectivity index (χ2n) is 4.61. The van der Waals surface area contributed by atoms with Crippen LogP contribution in [0.25, 0.3) is 0 Å². The van der Waals surface area contributed by atoms with Gasteiger partial charge in [-0.05, 0) is 18.7 Å². The topological polar surface area (TPSA) is 32.7 Å². The van der Waals surface area contributed by atoms with Gasteiger partial charge < -0.3 is 9.84 Å². The normalized spacial score (nSPS) is 22.4. The van der Waals surface area contributed by atoms with Crippen LogP contribution in [0.3, 0.4) is 0 Å². The smallest absolute Gasteiger partial charge is 0.0969 e. The molecule has 0 bridgehead atoms. The van der Waals surface area contributed by atoms with Crippen molar-refractivity contribution < 1.29 is 9.84 Å². The maximum atomic E-state index is 10.2. The van der Waals surface area contributed by atoms with Crippen LogP contribution in [0.15, 0.2) is 29.2 Å². The highest BCUT2D eigenvalue weighted by atomic mass is 35.5. The van der Waals surface area contributed by atoms with Crippen LogP contribution in [0, 0.1) is 0 Å². The highest BCUT2D eigenvalue weighted by molar-refractivity contribution is 7.99. The first kappa shape index (κ1) is 15.1. The molecule has 3 nitrogen and oxygen atoms in total. The maximum absolute atomic E-state index is 10.2. The molecule has 1 fully saturated rings. The van der Waals surface area contributed by atoms with Crippen molar-refractivity contribution in [2.24, 2.45) is 0 Å². The van der Waals surface area contributed by atoms with Gasteiger partial charge >= 0.3 is 0 Å². The van der Waals surface area contributed by atoms with Gasteiger partial charge in [-0.1, -0.05) is 30.7 Å². The van der Waals surface area contributed by atoms with Crippen LogP contribution >= 0.6 is 23.4 Å². The number of morpholine rings is 1.